The van der Waals surface area contributed by atoms with E-state index in [1.165, 1.54) is 0 Å². The average molecular weight is 143 g/mol. The van der Waals surface area contributed by atoms with Crippen LogP contribution in [0, 0.1) is 0 Å². The topological polar surface area (TPSA) is 49.3 Å². The zero-order valence-corrected chi connectivity index (χ0v) is 6.13. The molecule has 3 heteroatoms. The molecule has 0 aliphatic heterocycles. The summed E-state index contributed by atoms with van der Waals surface area (Å²) in [6.07, 6.45) is 1.14. The van der Waals surface area contributed by atoms with Crippen LogP contribution >= 0.6 is 0 Å². The molecule has 0 fully saturated rings. The van der Waals surface area contributed by atoms with Crippen molar-refractivity contribution in [2.45, 2.75) is 19.4 Å². The molecule has 2 N–H and O–H groups in total. The molecule has 0 aromatic heterocycles. The Morgan fingerprint density at radius 1 is 1.90 bits per heavy atom. The molecule has 0 aliphatic rings. The summed E-state index contributed by atoms with van der Waals surface area (Å²) in [6.45, 7) is 5.58. The molecule has 3 nitrogen and oxygen atoms in total. The number of nitrogens with one attached hydrogen (secondary N) is 1. The van der Waals surface area contributed by atoms with Gasteiger partial charge in [0.25, 0.3) is 0 Å². The van der Waals surface area contributed by atoms with Gasteiger partial charge in [-0.3, -0.25) is 4.79 Å². The van der Waals surface area contributed by atoms with Gasteiger partial charge in [-0.05, 0) is 6.42 Å². The first-order valence-electron chi connectivity index (χ1n) is 3.29. The Balaban J connectivity index is 3.51. The van der Waals surface area contributed by atoms with Crippen molar-refractivity contribution in [3.63, 3.8) is 0 Å². The smallest absolute Gasteiger partial charge is 0.249 e. The van der Waals surface area contributed by atoms with Crippen LogP contribution < -0.4 is 5.32 Å². The van der Waals surface area contributed by atoms with Crippen LogP contribution in [0.4, 0.5) is 0 Å². The summed E-state index contributed by atoms with van der Waals surface area (Å²) in [6, 6.07) is 0. The quantitative estimate of drug-likeness (QED) is 0.547. The molecule has 0 saturated carbocycles. The lowest BCUT2D eigenvalue weighted by atomic mass is 10.2. The summed E-state index contributed by atoms with van der Waals surface area (Å²) in [7, 11) is 0. The van der Waals surface area contributed by atoms with Crippen molar-refractivity contribution in [2.75, 3.05) is 6.54 Å². The van der Waals surface area contributed by atoms with E-state index in [9.17, 15) is 4.79 Å². The molecule has 0 aliphatic carbocycles. The van der Waals surface area contributed by atoms with Crippen molar-refractivity contribution in [1.29, 1.82) is 0 Å². The van der Waals surface area contributed by atoms with Crippen molar-refractivity contribution in [2.24, 2.45) is 0 Å². The maximum Gasteiger partial charge on any atom is 0.249 e. The fourth-order valence-corrected chi connectivity index (χ4v) is 0.476. The minimum absolute atomic E-state index is 0.331. The van der Waals surface area contributed by atoms with Crippen LogP contribution in [-0.4, -0.2) is 23.7 Å². The summed E-state index contributed by atoms with van der Waals surface area (Å²) >= 11 is 0. The van der Waals surface area contributed by atoms with Gasteiger partial charge in [-0.25, -0.2) is 0 Å². The Labute approximate surface area is 60.7 Å². The van der Waals surface area contributed by atoms with E-state index < -0.39 is 6.10 Å². The van der Waals surface area contributed by atoms with Crippen LogP contribution in [0.2, 0.25) is 0 Å². The van der Waals surface area contributed by atoms with Gasteiger partial charge in [0.05, 0.1) is 0 Å². The largest absolute Gasteiger partial charge is 0.383 e. The lowest BCUT2D eigenvalue weighted by molar-refractivity contribution is -0.129. The Morgan fingerprint density at radius 2 is 2.50 bits per heavy atom. The molecule has 0 rings (SSSR count). The first kappa shape index (κ1) is 9.17. The van der Waals surface area contributed by atoms with E-state index in [1.807, 2.05) is 0 Å². The van der Waals surface area contributed by atoms with E-state index in [1.54, 1.807) is 13.0 Å². The highest BCUT2D eigenvalue weighted by atomic mass is 16.3. The summed E-state index contributed by atoms with van der Waals surface area (Å²) in [5.41, 5.74) is 0. The summed E-state index contributed by atoms with van der Waals surface area (Å²) in [5.74, 6) is -0.331. The van der Waals surface area contributed by atoms with Crippen LogP contribution in [0.5, 0.6) is 0 Å². The summed E-state index contributed by atoms with van der Waals surface area (Å²) in [5, 5.41) is 11.4. The monoisotopic (exact) mass is 143 g/mol. The van der Waals surface area contributed by atoms with E-state index in [4.69, 9.17) is 5.11 Å². The highest BCUT2D eigenvalue weighted by Crippen LogP contribution is 1.87. The molecular weight excluding hydrogens is 130 g/mol. The Morgan fingerprint density at radius 3 is 2.90 bits per heavy atom. The molecule has 0 aromatic rings. The number of aliphatic hydroxyl groups is 1. The highest BCUT2D eigenvalue weighted by molar-refractivity contribution is 5.80. The number of carbonyl (C=O) groups is 1. The Bertz CT molecular complexity index is 123. The van der Waals surface area contributed by atoms with E-state index >= 15 is 0 Å². The maximum absolute atomic E-state index is 10.7. The predicted octanol–water partition coefficient (Wildman–Crippen LogP) is 0.0595. The van der Waals surface area contributed by atoms with Gasteiger partial charge in [0.2, 0.25) is 5.91 Å². The van der Waals surface area contributed by atoms with Gasteiger partial charge in [-0.2, -0.15) is 0 Å². The van der Waals surface area contributed by atoms with E-state index in [0.29, 0.717) is 13.0 Å². The maximum atomic E-state index is 10.7. The number of rotatable bonds is 4. The molecule has 0 radical (unpaired) electrons. The van der Waals surface area contributed by atoms with Gasteiger partial charge in [0.1, 0.15) is 6.10 Å². The van der Waals surface area contributed by atoms with Crippen LogP contribution in [0.1, 0.15) is 13.3 Å². The standard InChI is InChI=1S/C7H13NO2/c1-3-5-8-7(10)6(9)4-2/h3,6,9H,1,4-5H2,2H3,(H,8,10). The Hall–Kier alpha value is -0.830. The average Bonchev–Trinajstić information content (AvgIpc) is 1.98. The van der Waals surface area contributed by atoms with Crippen molar-refractivity contribution < 1.29 is 9.90 Å². The second-order valence-electron chi connectivity index (χ2n) is 1.96. The van der Waals surface area contributed by atoms with E-state index in [-0.39, 0.29) is 5.91 Å². The number of carbonyl (C=O) groups excluding carboxylic acids is 1. The van der Waals surface area contributed by atoms with Gasteiger partial charge in [0, 0.05) is 6.54 Å². The normalized spacial score (nSPS) is 12.2. The first-order chi connectivity index (χ1) is 4.72. The lowest BCUT2D eigenvalue weighted by Crippen LogP contribution is -2.33. The van der Waals surface area contributed by atoms with Crippen LogP contribution in [0.15, 0.2) is 12.7 Å². The molecular formula is C7H13NO2. The minimum Gasteiger partial charge on any atom is -0.383 e. The molecule has 0 bridgehead atoms. The molecule has 1 amide bonds. The number of aliphatic hydroxyl groups excluding tert-OH is 1. The second-order valence-corrected chi connectivity index (χ2v) is 1.96. The molecule has 0 saturated heterocycles. The van der Waals surface area contributed by atoms with Crippen molar-refractivity contribution >= 4 is 5.91 Å². The number of amides is 1. The third-order valence-electron chi connectivity index (χ3n) is 1.11. The molecule has 1 unspecified atom stereocenters. The van der Waals surface area contributed by atoms with Crippen molar-refractivity contribution in [1.82, 2.24) is 5.32 Å². The third-order valence-corrected chi connectivity index (χ3v) is 1.11. The second kappa shape index (κ2) is 4.99. The number of hydrogen-bond acceptors (Lipinski definition) is 2. The molecule has 10 heavy (non-hydrogen) atoms. The van der Waals surface area contributed by atoms with Crippen LogP contribution in [0.3, 0.4) is 0 Å². The van der Waals surface area contributed by atoms with Crippen LogP contribution in [0.25, 0.3) is 0 Å². The lowest BCUT2D eigenvalue weighted by Gasteiger charge is -2.05. The van der Waals surface area contributed by atoms with Gasteiger partial charge in [0.15, 0.2) is 0 Å². The predicted molar refractivity (Wildman–Crippen MR) is 39.5 cm³/mol. The van der Waals surface area contributed by atoms with Gasteiger partial charge in [-0.1, -0.05) is 13.0 Å². The van der Waals surface area contributed by atoms with Gasteiger partial charge >= 0.3 is 0 Å². The molecule has 0 spiro atoms. The first-order valence-corrected chi connectivity index (χ1v) is 3.29. The zero-order chi connectivity index (χ0) is 7.98. The van der Waals surface area contributed by atoms with Gasteiger partial charge < -0.3 is 10.4 Å². The summed E-state index contributed by atoms with van der Waals surface area (Å²) in [4.78, 5) is 10.7. The molecule has 0 aromatic carbocycles. The van der Waals surface area contributed by atoms with Crippen molar-refractivity contribution in [3.8, 4) is 0 Å². The molecule has 1 atom stereocenters. The minimum atomic E-state index is -0.875. The SMILES string of the molecule is C=CCNC(=O)C(O)CC. The third kappa shape index (κ3) is 3.25. The number of hydrogen-bond donors (Lipinski definition) is 2. The fraction of sp³-hybridized carbons (Fsp3) is 0.571. The van der Waals surface area contributed by atoms with Gasteiger partial charge in [-0.15, -0.1) is 6.58 Å². The molecule has 58 valence electrons. The van der Waals surface area contributed by atoms with Crippen molar-refractivity contribution in [3.05, 3.63) is 12.7 Å². The summed E-state index contributed by atoms with van der Waals surface area (Å²) < 4.78 is 0. The van der Waals surface area contributed by atoms with Crippen LogP contribution in [-0.2, 0) is 4.79 Å². The van der Waals surface area contributed by atoms with E-state index in [0.717, 1.165) is 0 Å². The van der Waals surface area contributed by atoms with E-state index in [2.05, 4.69) is 11.9 Å². The Kier molecular flexibility index (Phi) is 4.58. The fourth-order valence-electron chi connectivity index (χ4n) is 0.476. The molecule has 0 heterocycles. The highest BCUT2D eigenvalue weighted by Gasteiger charge is 2.09. The zero-order valence-electron chi connectivity index (χ0n) is 6.13.